The third kappa shape index (κ3) is 5.20. The molecule has 0 aliphatic heterocycles. The molecule has 2 aromatic carbocycles. The van der Waals surface area contributed by atoms with Gasteiger partial charge in [-0.1, -0.05) is 45.0 Å². The first-order valence-electron chi connectivity index (χ1n) is 7.12. The lowest BCUT2D eigenvalue weighted by molar-refractivity contribution is 0.0599. The molecule has 21 heavy (non-hydrogen) atoms. The first-order valence-corrected chi connectivity index (χ1v) is 7.12. The van der Waals surface area contributed by atoms with E-state index in [1.54, 1.807) is 12.1 Å². The average Bonchev–Trinajstić information content (AvgIpc) is 2.42. The second-order valence-corrected chi connectivity index (χ2v) is 6.36. The third-order valence-corrected chi connectivity index (χ3v) is 2.89. The van der Waals surface area contributed by atoms with E-state index in [4.69, 9.17) is 4.74 Å². The van der Waals surface area contributed by atoms with Crippen LogP contribution in [0.2, 0.25) is 0 Å². The van der Waals surface area contributed by atoms with Gasteiger partial charge in [0.25, 0.3) is 0 Å². The van der Waals surface area contributed by atoms with Crippen molar-refractivity contribution >= 4 is 11.4 Å². The summed E-state index contributed by atoms with van der Waals surface area (Å²) in [7, 11) is 0. The van der Waals surface area contributed by atoms with Crippen molar-refractivity contribution in [3.8, 4) is 0 Å². The van der Waals surface area contributed by atoms with Gasteiger partial charge in [-0.05, 0) is 35.2 Å². The Balaban J connectivity index is 2.03. The third-order valence-electron chi connectivity index (χ3n) is 2.89. The molecule has 0 aliphatic carbocycles. The molecular weight excluding hydrogens is 265 g/mol. The average molecular weight is 287 g/mol. The van der Waals surface area contributed by atoms with Gasteiger partial charge in [-0.25, -0.2) is 4.39 Å². The summed E-state index contributed by atoms with van der Waals surface area (Å²) < 4.78 is 19.5. The Bertz CT molecular complexity index is 576. The predicted molar refractivity (Wildman–Crippen MR) is 85.2 cm³/mol. The lowest BCUT2D eigenvalue weighted by Gasteiger charge is -2.18. The van der Waals surface area contributed by atoms with Crippen molar-refractivity contribution in [3.63, 3.8) is 0 Å². The van der Waals surface area contributed by atoms with E-state index in [9.17, 15) is 4.39 Å². The minimum Gasteiger partial charge on any atom is -0.376 e. The van der Waals surface area contributed by atoms with Crippen molar-refractivity contribution in [1.82, 2.24) is 0 Å². The molecule has 2 nitrogen and oxygen atoms in total. The second kappa shape index (κ2) is 6.72. The molecule has 0 atom stereocenters. The van der Waals surface area contributed by atoms with Crippen LogP contribution in [0, 0.1) is 11.2 Å². The highest BCUT2D eigenvalue weighted by atomic mass is 19.1. The zero-order valence-corrected chi connectivity index (χ0v) is 12.8. The summed E-state index contributed by atoms with van der Waals surface area (Å²) in [4.78, 5) is 0. The first-order chi connectivity index (χ1) is 9.94. The number of hydrogen-bond donors (Lipinski definition) is 1. The Morgan fingerprint density at radius 2 is 1.76 bits per heavy atom. The van der Waals surface area contributed by atoms with Crippen LogP contribution in [0.25, 0.3) is 0 Å². The molecule has 0 unspecified atom stereocenters. The van der Waals surface area contributed by atoms with E-state index in [0.29, 0.717) is 18.9 Å². The Kier molecular flexibility index (Phi) is 4.97. The molecule has 3 heteroatoms. The van der Waals surface area contributed by atoms with Crippen LogP contribution < -0.4 is 5.32 Å². The topological polar surface area (TPSA) is 21.3 Å². The molecule has 2 rings (SSSR count). The number of hydrogen-bond acceptors (Lipinski definition) is 2. The largest absolute Gasteiger partial charge is 0.376 e. The van der Waals surface area contributed by atoms with Crippen LogP contribution in [0.5, 0.6) is 0 Å². The molecule has 0 heterocycles. The minimum absolute atomic E-state index is 0.130. The number of nitrogens with one attached hydrogen (secondary N) is 1. The lowest BCUT2D eigenvalue weighted by Crippen LogP contribution is -2.14. The van der Waals surface area contributed by atoms with Crippen LogP contribution in [0.3, 0.4) is 0 Å². The summed E-state index contributed by atoms with van der Waals surface area (Å²) in [5, 5.41) is 3.09. The maximum Gasteiger partial charge on any atom is 0.146 e. The van der Waals surface area contributed by atoms with E-state index in [0.717, 1.165) is 11.3 Å². The Morgan fingerprint density at radius 3 is 2.43 bits per heavy atom. The predicted octanol–water partition coefficient (Wildman–Crippen LogP) is 5.13. The Hall–Kier alpha value is -1.87. The highest BCUT2D eigenvalue weighted by Crippen LogP contribution is 2.22. The van der Waals surface area contributed by atoms with Gasteiger partial charge in [0.2, 0.25) is 0 Å². The van der Waals surface area contributed by atoms with Gasteiger partial charge in [0.05, 0.1) is 18.9 Å². The standard InChI is InChI=1S/C18H22FNO/c1-18(2,3)13-21-12-14-9-10-16(19)17(11-14)20-15-7-5-4-6-8-15/h4-11,20H,12-13H2,1-3H3. The molecule has 0 fully saturated rings. The van der Waals surface area contributed by atoms with E-state index < -0.39 is 0 Å². The molecule has 0 bridgehead atoms. The summed E-state index contributed by atoms with van der Waals surface area (Å²) in [5.74, 6) is -0.265. The van der Waals surface area contributed by atoms with E-state index >= 15 is 0 Å². The van der Waals surface area contributed by atoms with Crippen LogP contribution >= 0.6 is 0 Å². The molecule has 2 aromatic rings. The van der Waals surface area contributed by atoms with E-state index in [1.807, 2.05) is 30.3 Å². The summed E-state index contributed by atoms with van der Waals surface area (Å²) >= 11 is 0. The van der Waals surface area contributed by atoms with E-state index in [2.05, 4.69) is 26.1 Å². The van der Waals surface area contributed by atoms with Crippen LogP contribution in [0.4, 0.5) is 15.8 Å². The van der Waals surface area contributed by atoms with Gasteiger partial charge < -0.3 is 10.1 Å². The fourth-order valence-electron chi connectivity index (χ4n) is 1.91. The minimum atomic E-state index is -0.265. The Labute approximate surface area is 126 Å². The van der Waals surface area contributed by atoms with Crippen molar-refractivity contribution in [2.45, 2.75) is 27.4 Å². The molecule has 0 saturated carbocycles. The fourth-order valence-corrected chi connectivity index (χ4v) is 1.91. The maximum absolute atomic E-state index is 13.9. The molecule has 112 valence electrons. The number of benzene rings is 2. The highest BCUT2D eigenvalue weighted by Gasteiger charge is 2.10. The van der Waals surface area contributed by atoms with Crippen molar-refractivity contribution < 1.29 is 9.13 Å². The van der Waals surface area contributed by atoms with E-state index in [1.165, 1.54) is 6.07 Å². The normalized spacial score (nSPS) is 11.4. The lowest BCUT2D eigenvalue weighted by atomic mass is 9.99. The summed E-state index contributed by atoms with van der Waals surface area (Å²) in [6, 6.07) is 14.6. The van der Waals surface area contributed by atoms with Gasteiger partial charge in [0.1, 0.15) is 5.82 Å². The molecular formula is C18H22FNO. The molecule has 0 saturated heterocycles. The van der Waals surface area contributed by atoms with Gasteiger partial charge in [-0.15, -0.1) is 0 Å². The van der Waals surface area contributed by atoms with Crippen molar-refractivity contribution in [1.29, 1.82) is 0 Å². The number of anilines is 2. The molecule has 0 amide bonds. The smallest absolute Gasteiger partial charge is 0.146 e. The number of rotatable bonds is 5. The molecule has 0 aliphatic rings. The van der Waals surface area contributed by atoms with E-state index in [-0.39, 0.29) is 11.2 Å². The van der Waals surface area contributed by atoms with Gasteiger partial charge in [0, 0.05) is 5.69 Å². The van der Waals surface area contributed by atoms with Gasteiger partial charge in [-0.3, -0.25) is 0 Å². The van der Waals surface area contributed by atoms with Crippen LogP contribution in [-0.2, 0) is 11.3 Å². The van der Waals surface area contributed by atoms with Gasteiger partial charge in [0.15, 0.2) is 0 Å². The van der Waals surface area contributed by atoms with Crippen molar-refractivity contribution in [2.24, 2.45) is 5.41 Å². The highest BCUT2D eigenvalue weighted by molar-refractivity contribution is 5.60. The van der Waals surface area contributed by atoms with Gasteiger partial charge in [-0.2, -0.15) is 0 Å². The summed E-state index contributed by atoms with van der Waals surface area (Å²) in [6.07, 6.45) is 0. The molecule has 0 aromatic heterocycles. The maximum atomic E-state index is 13.9. The number of ether oxygens (including phenoxy) is 1. The van der Waals surface area contributed by atoms with Crippen LogP contribution in [-0.4, -0.2) is 6.61 Å². The number of para-hydroxylation sites is 1. The zero-order chi connectivity index (χ0) is 15.3. The van der Waals surface area contributed by atoms with Crippen molar-refractivity contribution in [2.75, 3.05) is 11.9 Å². The summed E-state index contributed by atoms with van der Waals surface area (Å²) in [5.41, 5.74) is 2.42. The molecule has 1 N–H and O–H groups in total. The number of halogens is 1. The Morgan fingerprint density at radius 1 is 1.05 bits per heavy atom. The first kappa shape index (κ1) is 15.5. The van der Waals surface area contributed by atoms with Crippen molar-refractivity contribution in [3.05, 3.63) is 59.9 Å². The SMILES string of the molecule is CC(C)(C)COCc1ccc(F)c(Nc2ccccc2)c1. The summed E-state index contributed by atoms with van der Waals surface area (Å²) in [6.45, 7) is 7.53. The zero-order valence-electron chi connectivity index (χ0n) is 12.8. The monoisotopic (exact) mass is 287 g/mol. The second-order valence-electron chi connectivity index (χ2n) is 6.36. The van der Waals surface area contributed by atoms with Gasteiger partial charge >= 0.3 is 0 Å². The quantitative estimate of drug-likeness (QED) is 0.823. The van der Waals surface area contributed by atoms with Crippen LogP contribution in [0.1, 0.15) is 26.3 Å². The molecule has 0 radical (unpaired) electrons. The van der Waals surface area contributed by atoms with Crippen LogP contribution in [0.15, 0.2) is 48.5 Å². The molecule has 0 spiro atoms. The fraction of sp³-hybridized carbons (Fsp3) is 0.333.